The van der Waals surface area contributed by atoms with Crippen molar-refractivity contribution < 1.29 is 22.7 Å². The third-order valence-electron chi connectivity index (χ3n) is 7.51. The molecule has 2 saturated carbocycles. The Labute approximate surface area is 185 Å². The number of carbonyl (C=O) groups is 1. The Balaban J connectivity index is 1.41. The molecule has 1 aromatic carbocycles. The molecule has 7 heteroatoms. The van der Waals surface area contributed by atoms with Crippen LogP contribution in [0.1, 0.15) is 31.4 Å². The smallest absolute Gasteiger partial charge is 0.410 e. The van der Waals surface area contributed by atoms with Crippen LogP contribution in [-0.2, 0) is 4.74 Å². The number of aromatic nitrogens is 1. The monoisotopic (exact) mass is 442 g/mol. The van der Waals surface area contributed by atoms with Crippen LogP contribution in [0, 0.1) is 23.6 Å². The van der Waals surface area contributed by atoms with Gasteiger partial charge in [0.15, 0.2) is 0 Å². The van der Waals surface area contributed by atoms with E-state index in [1.165, 1.54) is 12.1 Å². The number of amides is 1. The lowest BCUT2D eigenvalue weighted by Gasteiger charge is -2.36. The number of alkyl halides is 2. The number of ether oxygens (including phenoxy) is 1. The number of halogens is 3. The fourth-order valence-corrected chi connectivity index (χ4v) is 5.88. The van der Waals surface area contributed by atoms with Gasteiger partial charge in [-0.3, -0.25) is 4.98 Å². The van der Waals surface area contributed by atoms with E-state index in [0.717, 1.165) is 16.8 Å². The first kappa shape index (κ1) is 21.0. The van der Waals surface area contributed by atoms with Gasteiger partial charge in [-0.15, -0.1) is 0 Å². The van der Waals surface area contributed by atoms with Gasteiger partial charge in [-0.1, -0.05) is 24.3 Å². The maximum absolute atomic E-state index is 14.1. The Morgan fingerprint density at radius 1 is 1.19 bits per heavy atom. The SMILES string of the molecule is CN1C(=O)OCC12C[C@@H]1CC(F)(F)CC[C@H]1[C@@H]2/C=C/c1ccc(-c2cccc(F)c2)cn1. The standard InChI is InChI=1S/C25H25F3N2O2/c1-30-23(31)32-15-24(30)12-18-13-25(27,28)10-9-21(18)22(24)8-7-20-6-5-17(14-29-20)16-3-2-4-19(26)11-16/h2-8,11,14,18,21-22H,9-10,12-13,15H2,1H3/b8-7+/t18-,21-,22+,24?/m1/s1. The molecule has 2 heterocycles. The zero-order valence-corrected chi connectivity index (χ0v) is 17.8. The van der Waals surface area contributed by atoms with Gasteiger partial charge < -0.3 is 9.64 Å². The first-order chi connectivity index (χ1) is 15.3. The van der Waals surface area contributed by atoms with Crippen molar-refractivity contribution in [3.8, 4) is 11.1 Å². The van der Waals surface area contributed by atoms with Crippen LogP contribution in [0.2, 0.25) is 0 Å². The highest BCUT2D eigenvalue weighted by atomic mass is 19.3. The molecule has 1 saturated heterocycles. The summed E-state index contributed by atoms with van der Waals surface area (Å²) in [7, 11) is 1.71. The molecule has 2 aromatic rings. The van der Waals surface area contributed by atoms with Gasteiger partial charge in [-0.25, -0.2) is 18.0 Å². The lowest BCUT2D eigenvalue weighted by atomic mass is 9.75. The van der Waals surface area contributed by atoms with Crippen LogP contribution < -0.4 is 0 Å². The van der Waals surface area contributed by atoms with Crippen molar-refractivity contribution in [2.45, 2.75) is 37.1 Å². The first-order valence-corrected chi connectivity index (χ1v) is 11.0. The number of rotatable bonds is 3. The van der Waals surface area contributed by atoms with E-state index in [9.17, 15) is 18.0 Å². The molecule has 1 aromatic heterocycles. The molecule has 0 N–H and O–H groups in total. The van der Waals surface area contributed by atoms with Gasteiger partial charge in [-0.2, -0.15) is 0 Å². The van der Waals surface area contributed by atoms with Crippen LogP contribution in [0.15, 0.2) is 48.7 Å². The maximum Gasteiger partial charge on any atom is 0.410 e. The molecule has 32 heavy (non-hydrogen) atoms. The van der Waals surface area contributed by atoms with E-state index >= 15 is 0 Å². The predicted molar refractivity (Wildman–Crippen MR) is 114 cm³/mol. The van der Waals surface area contributed by atoms with Crippen LogP contribution in [-0.4, -0.2) is 41.1 Å². The van der Waals surface area contributed by atoms with Gasteiger partial charge in [0.05, 0.1) is 11.2 Å². The molecule has 4 nitrogen and oxygen atoms in total. The highest BCUT2D eigenvalue weighted by molar-refractivity contribution is 5.71. The number of likely N-dealkylation sites (N-methyl/N-ethyl adjacent to an activating group) is 1. The van der Waals surface area contributed by atoms with Gasteiger partial charge in [0.1, 0.15) is 12.4 Å². The van der Waals surface area contributed by atoms with Gasteiger partial charge in [0.2, 0.25) is 5.92 Å². The molecule has 1 amide bonds. The Morgan fingerprint density at radius 3 is 2.72 bits per heavy atom. The molecule has 5 rings (SSSR count). The summed E-state index contributed by atoms with van der Waals surface area (Å²) >= 11 is 0. The average molecular weight is 442 g/mol. The molecular formula is C25H25F3N2O2. The van der Waals surface area contributed by atoms with E-state index in [-0.39, 0.29) is 43.0 Å². The molecule has 168 valence electrons. The molecular weight excluding hydrogens is 417 g/mol. The third kappa shape index (κ3) is 3.57. The van der Waals surface area contributed by atoms with Crippen LogP contribution >= 0.6 is 0 Å². The molecule has 0 bridgehead atoms. The number of carbonyl (C=O) groups excluding carboxylic acids is 1. The van der Waals surface area contributed by atoms with Crippen molar-refractivity contribution in [1.82, 2.24) is 9.88 Å². The Hall–Kier alpha value is -2.83. The van der Waals surface area contributed by atoms with E-state index in [2.05, 4.69) is 4.98 Å². The second-order valence-corrected chi connectivity index (χ2v) is 9.31. The van der Waals surface area contributed by atoms with Crippen LogP contribution in [0.3, 0.4) is 0 Å². The maximum atomic E-state index is 14.1. The largest absolute Gasteiger partial charge is 0.447 e. The number of nitrogens with zero attached hydrogens (tertiary/aromatic N) is 2. The highest BCUT2D eigenvalue weighted by Crippen LogP contribution is 2.57. The summed E-state index contributed by atoms with van der Waals surface area (Å²) in [5, 5.41) is 0. The second kappa shape index (κ2) is 7.64. The van der Waals surface area contributed by atoms with Crippen molar-refractivity contribution in [2.75, 3.05) is 13.7 Å². The quantitative estimate of drug-likeness (QED) is 0.604. The molecule has 2 aliphatic carbocycles. The fourth-order valence-electron chi connectivity index (χ4n) is 5.88. The summed E-state index contributed by atoms with van der Waals surface area (Å²) in [6, 6.07) is 10.1. The summed E-state index contributed by atoms with van der Waals surface area (Å²) in [6.07, 6.45) is 5.92. The topological polar surface area (TPSA) is 42.4 Å². The number of fused-ring (bicyclic) bond motifs is 1. The van der Waals surface area contributed by atoms with Crippen molar-refractivity contribution in [1.29, 1.82) is 0 Å². The molecule has 3 fully saturated rings. The van der Waals surface area contributed by atoms with E-state index in [4.69, 9.17) is 4.74 Å². The zero-order valence-electron chi connectivity index (χ0n) is 17.8. The van der Waals surface area contributed by atoms with Crippen molar-refractivity contribution in [3.05, 3.63) is 60.2 Å². The second-order valence-electron chi connectivity index (χ2n) is 9.31. The van der Waals surface area contributed by atoms with Crippen LogP contribution in [0.25, 0.3) is 17.2 Å². The fraction of sp³-hybridized carbons (Fsp3) is 0.440. The van der Waals surface area contributed by atoms with Crippen molar-refractivity contribution >= 4 is 12.2 Å². The summed E-state index contributed by atoms with van der Waals surface area (Å²) in [5.74, 6) is -3.09. The van der Waals surface area contributed by atoms with E-state index in [0.29, 0.717) is 12.8 Å². The number of benzene rings is 1. The molecule has 0 radical (unpaired) electrons. The van der Waals surface area contributed by atoms with E-state index in [1.54, 1.807) is 24.2 Å². The molecule has 1 spiro atoms. The van der Waals surface area contributed by atoms with Crippen molar-refractivity contribution in [2.24, 2.45) is 17.8 Å². The molecule has 4 atom stereocenters. The summed E-state index contributed by atoms with van der Waals surface area (Å²) < 4.78 is 47.1. The third-order valence-corrected chi connectivity index (χ3v) is 7.51. The van der Waals surface area contributed by atoms with Gasteiger partial charge >= 0.3 is 6.09 Å². The van der Waals surface area contributed by atoms with E-state index < -0.39 is 17.6 Å². The lowest BCUT2D eigenvalue weighted by molar-refractivity contribution is -0.0659. The average Bonchev–Trinajstić information content (AvgIpc) is 3.22. The first-order valence-electron chi connectivity index (χ1n) is 11.0. The lowest BCUT2D eigenvalue weighted by Crippen LogP contribution is -2.48. The molecule has 1 aliphatic heterocycles. The zero-order chi connectivity index (χ0) is 22.5. The number of hydrogen-bond donors (Lipinski definition) is 0. The van der Waals surface area contributed by atoms with Gasteiger partial charge in [-0.05, 0) is 54.5 Å². The Kier molecular flexibility index (Phi) is 5.02. The van der Waals surface area contributed by atoms with Crippen LogP contribution in [0.4, 0.5) is 18.0 Å². The normalized spacial score (nSPS) is 31.3. The van der Waals surface area contributed by atoms with Gasteiger partial charge in [0.25, 0.3) is 0 Å². The number of hydrogen-bond acceptors (Lipinski definition) is 3. The molecule has 1 unspecified atom stereocenters. The van der Waals surface area contributed by atoms with E-state index in [1.807, 2.05) is 30.4 Å². The summed E-state index contributed by atoms with van der Waals surface area (Å²) in [5.41, 5.74) is 1.68. The Bertz CT molecular complexity index is 1060. The van der Waals surface area contributed by atoms with Gasteiger partial charge in [0, 0.05) is 37.6 Å². The van der Waals surface area contributed by atoms with Crippen molar-refractivity contribution in [3.63, 3.8) is 0 Å². The minimum atomic E-state index is -2.64. The number of cyclic esters (lactones) is 1. The molecule has 3 aliphatic rings. The van der Waals surface area contributed by atoms with Crippen LogP contribution in [0.5, 0.6) is 0 Å². The highest BCUT2D eigenvalue weighted by Gasteiger charge is 2.62. The number of pyridine rings is 1. The summed E-state index contributed by atoms with van der Waals surface area (Å²) in [6.45, 7) is 0.224. The minimum Gasteiger partial charge on any atom is -0.447 e. The predicted octanol–water partition coefficient (Wildman–Crippen LogP) is 5.79. The summed E-state index contributed by atoms with van der Waals surface area (Å²) in [4.78, 5) is 18.3. The minimum absolute atomic E-state index is 0.0781. The Morgan fingerprint density at radius 2 is 2.03 bits per heavy atom.